The van der Waals surface area contributed by atoms with Crippen molar-refractivity contribution >= 4 is 35.1 Å². The number of benzene rings is 1. The number of nitrogens with two attached hydrogens (primary N) is 2. The van der Waals surface area contributed by atoms with Gasteiger partial charge in [0.05, 0.1) is 39.1 Å². The van der Waals surface area contributed by atoms with Crippen LogP contribution in [0.5, 0.6) is 5.75 Å². The normalized spacial score (nSPS) is 12.3. The van der Waals surface area contributed by atoms with Gasteiger partial charge in [-0.2, -0.15) is 0 Å². The fraction of sp³-hybridized carbons (Fsp3) is 0.656. The van der Waals surface area contributed by atoms with Gasteiger partial charge in [-0.3, -0.25) is 19.2 Å². The molecular weight excluding hydrogens is 614 g/mol. The van der Waals surface area contributed by atoms with Crippen LogP contribution in [0.4, 0.5) is 10.5 Å². The van der Waals surface area contributed by atoms with Crippen LogP contribution in [0.25, 0.3) is 0 Å². The number of ketones is 2. The van der Waals surface area contributed by atoms with Crippen LogP contribution in [0.15, 0.2) is 18.2 Å². The molecule has 1 aromatic carbocycles. The predicted octanol–water partition coefficient (Wildman–Crippen LogP) is 1.04. The van der Waals surface area contributed by atoms with E-state index in [9.17, 15) is 29.1 Å². The molecule has 0 aliphatic rings. The van der Waals surface area contributed by atoms with E-state index >= 15 is 0 Å². The molecule has 0 aromatic heterocycles. The van der Waals surface area contributed by atoms with E-state index in [1.54, 1.807) is 33.1 Å². The summed E-state index contributed by atoms with van der Waals surface area (Å²) >= 11 is 0. The van der Waals surface area contributed by atoms with Crippen molar-refractivity contribution in [2.24, 2.45) is 23.3 Å². The van der Waals surface area contributed by atoms with E-state index in [4.69, 9.17) is 30.4 Å². The van der Waals surface area contributed by atoms with Crippen molar-refractivity contribution in [1.82, 2.24) is 10.6 Å². The van der Waals surface area contributed by atoms with E-state index in [-0.39, 0.29) is 75.7 Å². The van der Waals surface area contributed by atoms with Crippen LogP contribution in [0.3, 0.4) is 0 Å². The van der Waals surface area contributed by atoms with Gasteiger partial charge in [-0.15, -0.1) is 0 Å². The van der Waals surface area contributed by atoms with Crippen molar-refractivity contribution in [3.63, 3.8) is 0 Å². The molecule has 4 amide bonds. The van der Waals surface area contributed by atoms with Crippen molar-refractivity contribution in [3.8, 4) is 5.75 Å². The molecule has 0 aliphatic heterocycles. The second-order valence-electron chi connectivity index (χ2n) is 11.3. The number of carbonyl (C=O) groups excluding carboxylic acids is 5. The van der Waals surface area contributed by atoms with Crippen LogP contribution in [-0.4, -0.2) is 100 Å². The first-order chi connectivity index (χ1) is 22.5. The van der Waals surface area contributed by atoms with Crippen LogP contribution < -0.4 is 32.2 Å². The first-order valence-electron chi connectivity index (χ1n) is 15.9. The van der Waals surface area contributed by atoms with Gasteiger partial charge in [0.2, 0.25) is 11.8 Å². The first-order valence-corrected chi connectivity index (χ1v) is 15.9. The average molecular weight is 668 g/mol. The molecule has 8 N–H and O–H groups in total. The highest BCUT2D eigenvalue weighted by atomic mass is 16.5. The highest BCUT2D eigenvalue weighted by Crippen LogP contribution is 2.25. The van der Waals surface area contributed by atoms with Crippen molar-refractivity contribution < 1.29 is 48.0 Å². The molecule has 266 valence electrons. The van der Waals surface area contributed by atoms with Gasteiger partial charge < -0.3 is 51.5 Å². The number of ether oxygens (including phenoxy) is 4. The Morgan fingerprint density at radius 3 is 2.34 bits per heavy atom. The third kappa shape index (κ3) is 18.3. The SMILES string of the molecule is COCCOCCOCC(=O)N[C@H](C(=O)C[C@@H](CCCNC(N)=O)C(=O)Nc1ccc(CO)c(OCC(=O)CCCCN)c1)C(C)C. The third-order valence-corrected chi connectivity index (χ3v) is 7.02. The number of hydrogen-bond donors (Lipinski definition) is 6. The van der Waals surface area contributed by atoms with E-state index in [0.717, 1.165) is 6.42 Å². The quantitative estimate of drug-likeness (QED) is 0.0726. The monoisotopic (exact) mass is 667 g/mol. The molecule has 0 spiro atoms. The van der Waals surface area contributed by atoms with Crippen molar-refractivity contribution in [3.05, 3.63) is 23.8 Å². The number of hydrogen-bond acceptors (Lipinski definition) is 11. The lowest BCUT2D eigenvalue weighted by atomic mass is 9.89. The zero-order chi connectivity index (χ0) is 35.0. The highest BCUT2D eigenvalue weighted by molar-refractivity contribution is 5.97. The molecule has 0 saturated carbocycles. The van der Waals surface area contributed by atoms with Gasteiger partial charge in [-0.1, -0.05) is 19.9 Å². The number of aliphatic hydroxyl groups excluding tert-OH is 1. The molecule has 0 saturated heterocycles. The first kappa shape index (κ1) is 41.4. The standard InChI is InChI=1S/C32H53N5O10/c1-22(2)30(37-29(41)21-46-16-15-45-14-13-44-3)27(40)17-23(7-6-12-35-32(34)43)31(42)36-25-10-9-24(19-38)28(18-25)47-20-26(39)8-4-5-11-33/h9-10,18,22-23,30,38H,4-8,11-17,19-21,33H2,1-3H3,(H,36,42)(H,37,41)(H3,34,35,43)/t23-,30+/m1/s1. The van der Waals surface area contributed by atoms with Crippen LogP contribution in [0, 0.1) is 11.8 Å². The van der Waals surface area contributed by atoms with Gasteiger partial charge in [0, 0.05) is 49.7 Å². The number of anilines is 1. The molecule has 0 radical (unpaired) electrons. The Labute approximate surface area is 276 Å². The lowest BCUT2D eigenvalue weighted by Crippen LogP contribution is -2.47. The number of amides is 4. The Kier molecular flexibility index (Phi) is 21.6. The molecule has 0 aliphatic carbocycles. The molecule has 0 unspecified atom stereocenters. The summed E-state index contributed by atoms with van der Waals surface area (Å²) in [6.07, 6.45) is 2.10. The fourth-order valence-corrected chi connectivity index (χ4v) is 4.46. The van der Waals surface area contributed by atoms with Gasteiger partial charge in [-0.05, 0) is 44.2 Å². The zero-order valence-corrected chi connectivity index (χ0v) is 27.8. The van der Waals surface area contributed by atoms with Gasteiger partial charge >= 0.3 is 6.03 Å². The molecule has 1 aromatic rings. The molecule has 15 nitrogen and oxygen atoms in total. The molecule has 2 atom stereocenters. The zero-order valence-electron chi connectivity index (χ0n) is 27.8. The number of aliphatic hydroxyl groups is 1. The number of carbonyl (C=O) groups is 5. The second-order valence-corrected chi connectivity index (χ2v) is 11.3. The lowest BCUT2D eigenvalue weighted by molar-refractivity contribution is -0.133. The van der Waals surface area contributed by atoms with Crippen LogP contribution >= 0.6 is 0 Å². The lowest BCUT2D eigenvalue weighted by Gasteiger charge is -2.24. The second kappa shape index (κ2) is 24.5. The number of nitrogens with one attached hydrogen (secondary N) is 3. The summed E-state index contributed by atoms with van der Waals surface area (Å²) in [5.74, 6) is -2.26. The van der Waals surface area contributed by atoms with Gasteiger partial charge in [0.15, 0.2) is 11.6 Å². The third-order valence-electron chi connectivity index (χ3n) is 7.02. The van der Waals surface area contributed by atoms with Gasteiger partial charge in [0.25, 0.3) is 0 Å². The maximum absolute atomic E-state index is 13.5. The minimum Gasteiger partial charge on any atom is -0.485 e. The highest BCUT2D eigenvalue weighted by Gasteiger charge is 2.29. The Balaban J connectivity index is 2.93. The van der Waals surface area contributed by atoms with Crippen molar-refractivity contribution in [1.29, 1.82) is 0 Å². The van der Waals surface area contributed by atoms with E-state index in [2.05, 4.69) is 16.0 Å². The van der Waals surface area contributed by atoms with E-state index in [1.807, 2.05) is 0 Å². The van der Waals surface area contributed by atoms with Crippen LogP contribution in [-0.2, 0) is 40.0 Å². The molecule has 1 rings (SSSR count). The number of methoxy groups -OCH3 is 1. The largest absolute Gasteiger partial charge is 0.485 e. The summed E-state index contributed by atoms with van der Waals surface area (Å²) in [7, 11) is 1.56. The summed E-state index contributed by atoms with van der Waals surface area (Å²) in [6.45, 7) is 4.79. The van der Waals surface area contributed by atoms with Gasteiger partial charge in [-0.25, -0.2) is 4.79 Å². The molecule has 0 heterocycles. The van der Waals surface area contributed by atoms with E-state index in [1.165, 1.54) is 6.07 Å². The average Bonchev–Trinajstić information content (AvgIpc) is 3.03. The summed E-state index contributed by atoms with van der Waals surface area (Å²) in [6, 6.07) is 3.08. The minimum atomic E-state index is -0.866. The maximum Gasteiger partial charge on any atom is 0.312 e. The Morgan fingerprint density at radius 1 is 0.957 bits per heavy atom. The van der Waals surface area contributed by atoms with Crippen molar-refractivity contribution in [2.75, 3.05) is 65.2 Å². The molecule has 47 heavy (non-hydrogen) atoms. The topological polar surface area (TPSA) is 231 Å². The van der Waals surface area contributed by atoms with Crippen LogP contribution in [0.2, 0.25) is 0 Å². The van der Waals surface area contributed by atoms with Crippen molar-refractivity contribution in [2.45, 2.75) is 65.0 Å². The Morgan fingerprint density at radius 2 is 1.68 bits per heavy atom. The number of urea groups is 1. The molecule has 0 bridgehead atoms. The Bertz CT molecular complexity index is 1120. The van der Waals surface area contributed by atoms with E-state index in [0.29, 0.717) is 50.3 Å². The molecule has 0 fully saturated rings. The number of Topliss-reactive ketones (excluding diaryl/α,β-unsaturated/α-hetero) is 2. The summed E-state index contributed by atoms with van der Waals surface area (Å²) < 4.78 is 21.2. The molecular formula is C32H53N5O10. The van der Waals surface area contributed by atoms with Crippen LogP contribution in [0.1, 0.15) is 57.9 Å². The fourth-order valence-electron chi connectivity index (χ4n) is 4.46. The predicted molar refractivity (Wildman–Crippen MR) is 175 cm³/mol. The number of primary amides is 1. The smallest absolute Gasteiger partial charge is 0.312 e. The molecule has 15 heteroatoms. The maximum atomic E-state index is 13.5. The summed E-state index contributed by atoms with van der Waals surface area (Å²) in [5.41, 5.74) is 11.4. The summed E-state index contributed by atoms with van der Waals surface area (Å²) in [4.78, 5) is 62.8. The van der Waals surface area contributed by atoms with Gasteiger partial charge in [0.1, 0.15) is 19.0 Å². The Hall–Kier alpha value is -3.63. The summed E-state index contributed by atoms with van der Waals surface area (Å²) in [5, 5.41) is 17.7. The van der Waals surface area contributed by atoms with E-state index < -0.39 is 29.8 Å². The number of rotatable bonds is 27. The number of unbranched alkanes of at least 4 members (excludes halogenated alkanes) is 1. The minimum absolute atomic E-state index is 0.120.